The van der Waals surface area contributed by atoms with Crippen LogP contribution in [0.25, 0.3) is 0 Å². The Hall–Kier alpha value is -0.720. The van der Waals surface area contributed by atoms with E-state index in [2.05, 4.69) is 31.2 Å². The highest BCUT2D eigenvalue weighted by Gasteiger charge is 2.28. The van der Waals surface area contributed by atoms with Crippen LogP contribution in [0.1, 0.15) is 16.9 Å². The van der Waals surface area contributed by atoms with E-state index < -0.39 is 0 Å². The number of nitrogens with zero attached hydrogens (tertiary/aromatic N) is 3. The van der Waals surface area contributed by atoms with Gasteiger partial charge in [0.25, 0.3) is 0 Å². The summed E-state index contributed by atoms with van der Waals surface area (Å²) in [7, 11) is 4.03. The molecule has 0 radical (unpaired) electrons. The fourth-order valence-electron chi connectivity index (χ4n) is 2.14. The van der Waals surface area contributed by atoms with E-state index in [1.165, 1.54) is 0 Å². The molecule has 1 saturated heterocycles. The van der Waals surface area contributed by atoms with Gasteiger partial charge < -0.3 is 10.2 Å². The average molecular weight is 315 g/mol. The van der Waals surface area contributed by atoms with E-state index in [0.717, 1.165) is 37.1 Å². The van der Waals surface area contributed by atoms with E-state index in [1.807, 2.05) is 18.8 Å². The maximum Gasteiger partial charge on any atom is 0.186 e. The first kappa shape index (κ1) is 13.7. The number of nitrogens with one attached hydrogen (secondary N) is 1. The van der Waals surface area contributed by atoms with Crippen molar-refractivity contribution in [2.45, 2.75) is 13.0 Å². The third-order valence-electron chi connectivity index (χ3n) is 3.22. The summed E-state index contributed by atoms with van der Waals surface area (Å²) in [5.41, 5.74) is 0.713. The van der Waals surface area contributed by atoms with Crippen LogP contribution < -0.4 is 5.32 Å². The average Bonchev–Trinajstić information content (AvgIpc) is 2.94. The Morgan fingerprint density at radius 3 is 3.06 bits per heavy atom. The zero-order chi connectivity index (χ0) is 13.1. The molecule has 1 N–H and O–H groups in total. The molecule has 1 atom stereocenters. The van der Waals surface area contributed by atoms with Crippen LogP contribution >= 0.6 is 15.9 Å². The van der Waals surface area contributed by atoms with Gasteiger partial charge in [0, 0.05) is 19.0 Å². The molecule has 2 heterocycles. The summed E-state index contributed by atoms with van der Waals surface area (Å²) in [5, 5.41) is 7.51. The molecule has 1 unspecified atom stereocenters. The fourth-order valence-corrected chi connectivity index (χ4v) is 2.64. The van der Waals surface area contributed by atoms with Crippen molar-refractivity contribution in [3.05, 3.63) is 16.4 Å². The lowest BCUT2D eigenvalue weighted by atomic mass is 10.0. The van der Waals surface area contributed by atoms with Crippen LogP contribution in [0, 0.1) is 5.92 Å². The Balaban J connectivity index is 2.14. The van der Waals surface area contributed by atoms with Crippen molar-refractivity contribution >= 4 is 21.7 Å². The number of hydrogen-bond acceptors (Lipinski definition) is 4. The van der Waals surface area contributed by atoms with Gasteiger partial charge in [-0.2, -0.15) is 5.10 Å². The van der Waals surface area contributed by atoms with Gasteiger partial charge in [-0.1, -0.05) is 0 Å². The molecule has 5 nitrogen and oxygen atoms in total. The van der Waals surface area contributed by atoms with Gasteiger partial charge >= 0.3 is 0 Å². The van der Waals surface area contributed by atoms with Crippen molar-refractivity contribution in [2.75, 3.05) is 33.7 Å². The molecule has 0 saturated carbocycles. The minimum Gasteiger partial charge on any atom is -0.316 e. The number of carbonyl (C=O) groups excluding carboxylic acids is 1. The first-order valence-corrected chi connectivity index (χ1v) is 7.00. The van der Waals surface area contributed by atoms with Crippen LogP contribution in [0.5, 0.6) is 0 Å². The standard InChI is InChI=1S/C12H19BrN4O/c1-16(2)5-6-17-11(10(13)8-15-17)12(18)9-3-4-14-7-9/h8-9,14H,3-7H2,1-2H3. The van der Waals surface area contributed by atoms with Gasteiger partial charge in [0.1, 0.15) is 5.69 Å². The van der Waals surface area contributed by atoms with Crippen LogP contribution in [-0.2, 0) is 6.54 Å². The number of hydrogen-bond donors (Lipinski definition) is 1. The second kappa shape index (κ2) is 5.95. The van der Waals surface area contributed by atoms with Crippen LogP contribution in [0.2, 0.25) is 0 Å². The van der Waals surface area contributed by atoms with E-state index in [9.17, 15) is 4.79 Å². The molecule has 0 aromatic carbocycles. The second-order valence-corrected chi connectivity index (χ2v) is 5.78. The zero-order valence-electron chi connectivity index (χ0n) is 10.8. The Kier molecular flexibility index (Phi) is 4.53. The van der Waals surface area contributed by atoms with Crippen molar-refractivity contribution in [2.24, 2.45) is 5.92 Å². The van der Waals surface area contributed by atoms with Crippen molar-refractivity contribution in [1.82, 2.24) is 20.0 Å². The molecular formula is C12H19BrN4O. The molecule has 1 fully saturated rings. The third kappa shape index (κ3) is 2.99. The summed E-state index contributed by atoms with van der Waals surface area (Å²) in [6.07, 6.45) is 2.63. The maximum absolute atomic E-state index is 12.4. The lowest BCUT2D eigenvalue weighted by molar-refractivity contribution is 0.0917. The maximum atomic E-state index is 12.4. The molecule has 100 valence electrons. The lowest BCUT2D eigenvalue weighted by Gasteiger charge is -2.13. The van der Waals surface area contributed by atoms with E-state index in [1.54, 1.807) is 6.20 Å². The molecular weight excluding hydrogens is 296 g/mol. The molecule has 1 aromatic heterocycles. The molecule has 1 aliphatic heterocycles. The molecule has 1 aliphatic rings. The van der Waals surface area contributed by atoms with E-state index in [-0.39, 0.29) is 11.7 Å². The van der Waals surface area contributed by atoms with Crippen LogP contribution in [-0.4, -0.2) is 54.2 Å². The second-order valence-electron chi connectivity index (χ2n) is 4.92. The molecule has 0 amide bonds. The van der Waals surface area contributed by atoms with Crippen molar-refractivity contribution < 1.29 is 4.79 Å². The van der Waals surface area contributed by atoms with E-state index in [4.69, 9.17) is 0 Å². The van der Waals surface area contributed by atoms with Crippen molar-refractivity contribution in [1.29, 1.82) is 0 Å². The predicted octanol–water partition coefficient (Wildman–Crippen LogP) is 0.999. The molecule has 2 rings (SSSR count). The Morgan fingerprint density at radius 1 is 1.67 bits per heavy atom. The highest BCUT2D eigenvalue weighted by molar-refractivity contribution is 9.10. The van der Waals surface area contributed by atoms with Gasteiger partial charge in [-0.05, 0) is 43.0 Å². The molecule has 0 spiro atoms. The summed E-state index contributed by atoms with van der Waals surface area (Å²) in [6.45, 7) is 3.32. The van der Waals surface area contributed by atoms with Gasteiger partial charge in [-0.25, -0.2) is 0 Å². The number of carbonyl (C=O) groups is 1. The first-order valence-electron chi connectivity index (χ1n) is 6.20. The summed E-state index contributed by atoms with van der Waals surface area (Å²) >= 11 is 3.43. The quantitative estimate of drug-likeness (QED) is 0.824. The molecule has 18 heavy (non-hydrogen) atoms. The summed E-state index contributed by atoms with van der Waals surface area (Å²) in [6, 6.07) is 0. The summed E-state index contributed by atoms with van der Waals surface area (Å²) in [5.74, 6) is 0.291. The number of aromatic nitrogens is 2. The van der Waals surface area contributed by atoms with Crippen LogP contribution in [0.3, 0.4) is 0 Å². The van der Waals surface area contributed by atoms with E-state index in [0.29, 0.717) is 5.69 Å². The molecule has 1 aromatic rings. The zero-order valence-corrected chi connectivity index (χ0v) is 12.4. The van der Waals surface area contributed by atoms with Gasteiger partial charge in [0.15, 0.2) is 5.78 Å². The summed E-state index contributed by atoms with van der Waals surface area (Å²) in [4.78, 5) is 14.5. The van der Waals surface area contributed by atoms with Crippen molar-refractivity contribution in [3.8, 4) is 0 Å². The molecule has 0 aliphatic carbocycles. The van der Waals surface area contributed by atoms with Gasteiger partial charge in [-0.15, -0.1) is 0 Å². The normalized spacial score (nSPS) is 19.7. The largest absolute Gasteiger partial charge is 0.316 e. The monoisotopic (exact) mass is 314 g/mol. The Bertz CT molecular complexity index is 424. The Labute approximate surface area is 116 Å². The smallest absolute Gasteiger partial charge is 0.186 e. The predicted molar refractivity (Wildman–Crippen MR) is 73.8 cm³/mol. The SMILES string of the molecule is CN(C)CCn1ncc(Br)c1C(=O)C1CCNC1. The van der Waals surface area contributed by atoms with Crippen molar-refractivity contribution in [3.63, 3.8) is 0 Å². The molecule has 6 heteroatoms. The fraction of sp³-hybridized carbons (Fsp3) is 0.667. The third-order valence-corrected chi connectivity index (χ3v) is 3.80. The Morgan fingerprint density at radius 2 is 2.44 bits per heavy atom. The number of ketones is 1. The molecule has 0 bridgehead atoms. The summed E-state index contributed by atoms with van der Waals surface area (Å²) < 4.78 is 2.61. The minimum atomic E-state index is 0.0936. The van der Waals surface area contributed by atoms with Crippen LogP contribution in [0.15, 0.2) is 10.7 Å². The first-order chi connectivity index (χ1) is 8.59. The van der Waals surface area contributed by atoms with Gasteiger partial charge in [0.2, 0.25) is 0 Å². The number of rotatable bonds is 5. The lowest BCUT2D eigenvalue weighted by Crippen LogP contribution is -2.25. The van der Waals surface area contributed by atoms with Gasteiger partial charge in [0.05, 0.1) is 17.2 Å². The van der Waals surface area contributed by atoms with E-state index >= 15 is 0 Å². The number of Topliss-reactive ketones (excluding diaryl/α,β-unsaturated/α-hetero) is 1. The minimum absolute atomic E-state index is 0.0936. The highest BCUT2D eigenvalue weighted by atomic mass is 79.9. The van der Waals surface area contributed by atoms with Gasteiger partial charge in [-0.3, -0.25) is 9.48 Å². The number of halogens is 1. The van der Waals surface area contributed by atoms with Crippen LogP contribution in [0.4, 0.5) is 0 Å². The topological polar surface area (TPSA) is 50.2 Å². The number of likely N-dealkylation sites (N-methyl/N-ethyl adjacent to an activating group) is 1. The highest BCUT2D eigenvalue weighted by Crippen LogP contribution is 2.22.